The molecule has 104 valence electrons. The second kappa shape index (κ2) is 7.74. The molecule has 0 aliphatic heterocycles. The highest BCUT2D eigenvalue weighted by molar-refractivity contribution is 7.07. The fourth-order valence-electron chi connectivity index (χ4n) is 1.80. The van der Waals surface area contributed by atoms with Crippen molar-refractivity contribution in [3.63, 3.8) is 0 Å². The van der Waals surface area contributed by atoms with Gasteiger partial charge in [0.1, 0.15) is 0 Å². The third kappa shape index (κ3) is 5.70. The second-order valence-electron chi connectivity index (χ2n) is 4.50. The minimum atomic E-state index is -0.153. The van der Waals surface area contributed by atoms with E-state index in [0.717, 1.165) is 5.56 Å². The number of rotatable bonds is 7. The van der Waals surface area contributed by atoms with Crippen LogP contribution in [-0.2, 0) is 16.1 Å². The number of thiophene rings is 1. The molecule has 0 radical (unpaired) electrons. The van der Waals surface area contributed by atoms with Crippen LogP contribution in [0.4, 0.5) is 0 Å². The number of hydrogen-bond acceptors (Lipinski definition) is 3. The fourth-order valence-corrected chi connectivity index (χ4v) is 2.46. The number of hydrogen-bond donors (Lipinski definition) is 1. The molecule has 0 aliphatic rings. The minimum absolute atomic E-state index is 0.0207. The molecule has 1 atom stereocenters. The van der Waals surface area contributed by atoms with Crippen molar-refractivity contribution < 1.29 is 9.59 Å². The lowest BCUT2D eigenvalue weighted by Gasteiger charge is -2.22. The molecule has 2 amide bonds. The average Bonchev–Trinajstić information content (AvgIpc) is 2.79. The van der Waals surface area contributed by atoms with Gasteiger partial charge in [-0.25, -0.2) is 0 Å². The van der Waals surface area contributed by atoms with Crippen molar-refractivity contribution in [1.82, 2.24) is 10.2 Å². The summed E-state index contributed by atoms with van der Waals surface area (Å²) in [5.41, 5.74) is 1.12. The van der Waals surface area contributed by atoms with Crippen molar-refractivity contribution in [2.24, 2.45) is 0 Å². The van der Waals surface area contributed by atoms with Gasteiger partial charge in [0.05, 0.1) is 0 Å². The number of carbonyl (C=O) groups excluding carboxylic acids is 2. The highest BCUT2D eigenvalue weighted by Gasteiger charge is 2.16. The van der Waals surface area contributed by atoms with E-state index in [-0.39, 0.29) is 17.9 Å². The maximum absolute atomic E-state index is 12.2. The number of nitrogens with zero attached hydrogens (tertiary/aromatic N) is 1. The first kappa shape index (κ1) is 15.4. The highest BCUT2D eigenvalue weighted by Crippen LogP contribution is 2.11. The molecule has 0 bridgehead atoms. The SMILES string of the molecule is C=CCN(Cc1ccsc1)C(=O)CC(C)NC(C)=O. The molecular formula is C14H20N2O2S. The normalized spacial score (nSPS) is 11.7. The largest absolute Gasteiger partial charge is 0.353 e. The molecule has 0 aromatic carbocycles. The fraction of sp³-hybridized carbons (Fsp3) is 0.429. The van der Waals surface area contributed by atoms with Crippen LogP contribution in [0.25, 0.3) is 0 Å². The van der Waals surface area contributed by atoms with E-state index in [4.69, 9.17) is 0 Å². The number of amides is 2. The van der Waals surface area contributed by atoms with Crippen LogP contribution in [-0.4, -0.2) is 29.3 Å². The smallest absolute Gasteiger partial charge is 0.225 e. The molecule has 1 rings (SSSR count). The minimum Gasteiger partial charge on any atom is -0.353 e. The zero-order valence-corrected chi connectivity index (χ0v) is 12.2. The molecule has 1 N–H and O–H groups in total. The summed E-state index contributed by atoms with van der Waals surface area (Å²) in [5.74, 6) is -0.0965. The Bertz CT molecular complexity index is 429. The predicted octanol–water partition coefficient (Wildman–Crippen LogP) is 2.18. The van der Waals surface area contributed by atoms with E-state index in [2.05, 4.69) is 11.9 Å². The summed E-state index contributed by atoms with van der Waals surface area (Å²) in [6, 6.07) is 1.85. The monoisotopic (exact) mass is 280 g/mol. The first-order chi connectivity index (χ1) is 9.02. The van der Waals surface area contributed by atoms with Crippen molar-refractivity contribution >= 4 is 23.2 Å². The maximum atomic E-state index is 12.2. The van der Waals surface area contributed by atoms with Crippen molar-refractivity contribution in [2.45, 2.75) is 32.9 Å². The van der Waals surface area contributed by atoms with E-state index < -0.39 is 0 Å². The van der Waals surface area contributed by atoms with Crippen LogP contribution in [0.3, 0.4) is 0 Å². The van der Waals surface area contributed by atoms with Gasteiger partial charge in [-0.05, 0) is 29.3 Å². The molecule has 5 heteroatoms. The third-order valence-electron chi connectivity index (χ3n) is 2.59. The van der Waals surface area contributed by atoms with Crippen LogP contribution in [0.2, 0.25) is 0 Å². The summed E-state index contributed by atoms with van der Waals surface area (Å²) in [5, 5.41) is 6.74. The van der Waals surface area contributed by atoms with Gasteiger partial charge in [-0.1, -0.05) is 6.08 Å². The van der Waals surface area contributed by atoms with Crippen LogP contribution in [0.15, 0.2) is 29.5 Å². The first-order valence-corrected chi connectivity index (χ1v) is 7.14. The predicted molar refractivity (Wildman–Crippen MR) is 77.8 cm³/mol. The van der Waals surface area contributed by atoms with Crippen molar-refractivity contribution in [2.75, 3.05) is 6.54 Å². The van der Waals surface area contributed by atoms with E-state index in [1.54, 1.807) is 22.3 Å². The van der Waals surface area contributed by atoms with Crippen LogP contribution < -0.4 is 5.32 Å². The summed E-state index contributed by atoms with van der Waals surface area (Å²) in [7, 11) is 0. The summed E-state index contributed by atoms with van der Waals surface area (Å²) >= 11 is 1.61. The lowest BCUT2D eigenvalue weighted by Crippen LogP contribution is -2.38. The third-order valence-corrected chi connectivity index (χ3v) is 3.32. The summed E-state index contributed by atoms with van der Waals surface area (Å²) in [4.78, 5) is 24.9. The molecule has 19 heavy (non-hydrogen) atoms. The Kier molecular flexibility index (Phi) is 6.29. The zero-order valence-electron chi connectivity index (χ0n) is 11.4. The molecule has 0 spiro atoms. The topological polar surface area (TPSA) is 49.4 Å². The Balaban J connectivity index is 2.57. The first-order valence-electron chi connectivity index (χ1n) is 6.19. The van der Waals surface area contributed by atoms with Crippen molar-refractivity contribution in [3.8, 4) is 0 Å². The lowest BCUT2D eigenvalue weighted by atomic mass is 10.2. The van der Waals surface area contributed by atoms with Crippen molar-refractivity contribution in [1.29, 1.82) is 0 Å². The molecule has 0 aliphatic carbocycles. The van der Waals surface area contributed by atoms with Crippen LogP contribution in [0.5, 0.6) is 0 Å². The molecule has 1 unspecified atom stereocenters. The molecule has 0 saturated heterocycles. The quantitative estimate of drug-likeness (QED) is 0.778. The van der Waals surface area contributed by atoms with Crippen LogP contribution in [0.1, 0.15) is 25.8 Å². The van der Waals surface area contributed by atoms with E-state index in [0.29, 0.717) is 19.5 Å². The summed E-state index contributed by atoms with van der Waals surface area (Å²) in [6.07, 6.45) is 2.02. The van der Waals surface area contributed by atoms with Gasteiger partial charge in [0.15, 0.2) is 0 Å². The molecule has 1 aromatic heterocycles. The van der Waals surface area contributed by atoms with E-state index in [9.17, 15) is 9.59 Å². The Hall–Kier alpha value is -1.62. The van der Waals surface area contributed by atoms with Gasteiger partial charge in [0.25, 0.3) is 0 Å². The molecule has 1 heterocycles. The summed E-state index contributed by atoms with van der Waals surface area (Å²) < 4.78 is 0. The Morgan fingerprint density at radius 1 is 1.58 bits per heavy atom. The molecule has 4 nitrogen and oxygen atoms in total. The van der Waals surface area contributed by atoms with Gasteiger partial charge in [-0.3, -0.25) is 9.59 Å². The molecule has 1 aromatic rings. The highest BCUT2D eigenvalue weighted by atomic mass is 32.1. The van der Waals surface area contributed by atoms with Gasteiger partial charge < -0.3 is 10.2 Å². The standard InChI is InChI=1S/C14H20N2O2S/c1-4-6-16(9-13-5-7-19-10-13)14(18)8-11(2)15-12(3)17/h4-5,7,10-11H,1,6,8-9H2,2-3H3,(H,15,17). The van der Waals surface area contributed by atoms with E-state index >= 15 is 0 Å². The Morgan fingerprint density at radius 3 is 2.84 bits per heavy atom. The van der Waals surface area contributed by atoms with Gasteiger partial charge in [-0.15, -0.1) is 6.58 Å². The second-order valence-corrected chi connectivity index (χ2v) is 5.28. The molecular weight excluding hydrogens is 260 g/mol. The van der Waals surface area contributed by atoms with Crippen molar-refractivity contribution in [3.05, 3.63) is 35.0 Å². The zero-order chi connectivity index (χ0) is 14.3. The lowest BCUT2D eigenvalue weighted by molar-refractivity contribution is -0.131. The van der Waals surface area contributed by atoms with Crippen LogP contribution >= 0.6 is 11.3 Å². The van der Waals surface area contributed by atoms with E-state index in [1.165, 1.54) is 6.92 Å². The van der Waals surface area contributed by atoms with Gasteiger partial charge in [0.2, 0.25) is 11.8 Å². The van der Waals surface area contributed by atoms with E-state index in [1.807, 2.05) is 23.8 Å². The average molecular weight is 280 g/mol. The van der Waals surface area contributed by atoms with Gasteiger partial charge >= 0.3 is 0 Å². The molecule has 0 fully saturated rings. The van der Waals surface area contributed by atoms with Crippen LogP contribution in [0, 0.1) is 0 Å². The number of nitrogens with one attached hydrogen (secondary N) is 1. The Labute approximate surface area is 118 Å². The Morgan fingerprint density at radius 2 is 2.32 bits per heavy atom. The number of carbonyl (C=O) groups is 2. The maximum Gasteiger partial charge on any atom is 0.225 e. The summed E-state index contributed by atoms with van der Waals surface area (Å²) in [6.45, 7) is 8.06. The molecule has 0 saturated carbocycles. The van der Waals surface area contributed by atoms with Gasteiger partial charge in [0, 0.05) is 32.5 Å². The van der Waals surface area contributed by atoms with Gasteiger partial charge in [-0.2, -0.15) is 11.3 Å².